The second-order valence-electron chi connectivity index (χ2n) is 5.88. The number of aromatic nitrogens is 1. The van der Waals surface area contributed by atoms with Gasteiger partial charge in [0.2, 0.25) is 10.0 Å². The maximum Gasteiger partial charge on any atom is 0.243 e. The lowest BCUT2D eigenvalue weighted by Gasteiger charge is -2.46. The van der Waals surface area contributed by atoms with Gasteiger partial charge in [0, 0.05) is 31.4 Å². The van der Waals surface area contributed by atoms with Crippen molar-refractivity contribution >= 4 is 21.6 Å². The first-order valence-corrected chi connectivity index (χ1v) is 9.18. The van der Waals surface area contributed by atoms with Crippen LogP contribution in [-0.4, -0.2) is 54.3 Å². The topological polar surface area (TPSA) is 53.5 Å². The molecule has 0 aromatic carbocycles. The van der Waals surface area contributed by atoms with E-state index in [9.17, 15) is 8.42 Å². The average molecular weight is 330 g/mol. The molecule has 116 valence electrons. The zero-order chi connectivity index (χ0) is 15.0. The molecule has 0 N–H and O–H groups in total. The molecule has 2 aliphatic rings. The molecule has 1 aromatic rings. The molecule has 2 fully saturated rings. The summed E-state index contributed by atoms with van der Waals surface area (Å²) in [7, 11) is -3.50. The zero-order valence-electron chi connectivity index (χ0n) is 12.1. The van der Waals surface area contributed by atoms with Crippen LogP contribution >= 0.6 is 11.6 Å². The van der Waals surface area contributed by atoms with Gasteiger partial charge in [0.15, 0.2) is 0 Å². The maximum absolute atomic E-state index is 12.8. The predicted octanol–water partition coefficient (Wildman–Crippen LogP) is 1.98. The minimum atomic E-state index is -3.50. The second-order valence-corrected chi connectivity index (χ2v) is 8.16. The zero-order valence-corrected chi connectivity index (χ0v) is 13.6. The second kappa shape index (κ2) is 5.83. The average Bonchev–Trinajstić information content (AvgIpc) is 2.46. The summed E-state index contributed by atoms with van der Waals surface area (Å²) < 4.78 is 27.3. The fraction of sp³-hybridized carbons (Fsp3) is 0.643. The molecule has 0 saturated carbocycles. The van der Waals surface area contributed by atoms with Crippen LogP contribution in [0.25, 0.3) is 0 Å². The SMILES string of the molecule is CC1CN2CCCCC2CN1S(=O)(=O)c1ccnc(Cl)c1. The van der Waals surface area contributed by atoms with E-state index >= 15 is 0 Å². The van der Waals surface area contributed by atoms with E-state index in [1.807, 2.05) is 6.92 Å². The van der Waals surface area contributed by atoms with Crippen LogP contribution in [0, 0.1) is 0 Å². The highest BCUT2D eigenvalue weighted by Gasteiger charge is 2.39. The monoisotopic (exact) mass is 329 g/mol. The van der Waals surface area contributed by atoms with Crippen molar-refractivity contribution in [3.05, 3.63) is 23.5 Å². The number of piperidine rings is 1. The lowest BCUT2D eigenvalue weighted by molar-refractivity contribution is 0.0564. The van der Waals surface area contributed by atoms with E-state index in [-0.39, 0.29) is 16.1 Å². The van der Waals surface area contributed by atoms with E-state index in [1.54, 1.807) is 4.31 Å². The first kappa shape index (κ1) is 15.2. The van der Waals surface area contributed by atoms with Gasteiger partial charge >= 0.3 is 0 Å². The molecule has 2 aliphatic heterocycles. The number of piperazine rings is 1. The molecule has 0 amide bonds. The summed E-state index contributed by atoms with van der Waals surface area (Å²) in [5, 5.41) is 0.208. The highest BCUT2D eigenvalue weighted by Crippen LogP contribution is 2.28. The number of rotatable bonds is 2. The standard InChI is InChI=1S/C14H20ClN3O2S/c1-11-9-17-7-3-2-4-12(17)10-18(11)21(19,20)13-5-6-16-14(15)8-13/h5-6,8,11-12H,2-4,7,9-10H2,1H3. The van der Waals surface area contributed by atoms with Gasteiger partial charge in [0.1, 0.15) is 5.15 Å². The van der Waals surface area contributed by atoms with Crippen molar-refractivity contribution in [2.75, 3.05) is 19.6 Å². The van der Waals surface area contributed by atoms with Crippen molar-refractivity contribution in [2.45, 2.75) is 43.2 Å². The van der Waals surface area contributed by atoms with Crippen LogP contribution in [0.15, 0.2) is 23.2 Å². The third-order valence-electron chi connectivity index (χ3n) is 4.43. The number of fused-ring (bicyclic) bond motifs is 1. The Balaban J connectivity index is 1.88. The summed E-state index contributed by atoms with van der Waals surface area (Å²) >= 11 is 5.83. The Hall–Kier alpha value is -0.690. The van der Waals surface area contributed by atoms with Gasteiger partial charge < -0.3 is 0 Å². The largest absolute Gasteiger partial charge is 0.297 e. The molecular formula is C14H20ClN3O2S. The van der Waals surface area contributed by atoms with Crippen LogP contribution in [0.4, 0.5) is 0 Å². The van der Waals surface area contributed by atoms with E-state index in [1.165, 1.54) is 31.2 Å². The number of nitrogens with zero attached hydrogens (tertiary/aromatic N) is 3. The molecule has 1 aromatic heterocycles. The summed E-state index contributed by atoms with van der Waals surface area (Å²) in [6.07, 6.45) is 4.92. The Kier molecular flexibility index (Phi) is 4.23. The molecular weight excluding hydrogens is 310 g/mol. The fourth-order valence-corrected chi connectivity index (χ4v) is 5.25. The molecule has 21 heavy (non-hydrogen) atoms. The van der Waals surface area contributed by atoms with Gasteiger partial charge in [-0.15, -0.1) is 0 Å². The van der Waals surface area contributed by atoms with Crippen LogP contribution in [0.3, 0.4) is 0 Å². The van der Waals surface area contributed by atoms with Crippen molar-refractivity contribution in [3.8, 4) is 0 Å². The van der Waals surface area contributed by atoms with Crippen LogP contribution in [-0.2, 0) is 10.0 Å². The predicted molar refractivity (Wildman–Crippen MR) is 81.8 cm³/mol. The lowest BCUT2D eigenvalue weighted by Crippen LogP contribution is -2.59. The van der Waals surface area contributed by atoms with Crippen molar-refractivity contribution in [1.82, 2.24) is 14.2 Å². The van der Waals surface area contributed by atoms with Crippen LogP contribution in [0.1, 0.15) is 26.2 Å². The maximum atomic E-state index is 12.8. The summed E-state index contributed by atoms with van der Waals surface area (Å²) in [4.78, 5) is 6.52. The van der Waals surface area contributed by atoms with Crippen molar-refractivity contribution in [3.63, 3.8) is 0 Å². The van der Waals surface area contributed by atoms with E-state index in [0.717, 1.165) is 19.5 Å². The molecule has 3 heterocycles. The van der Waals surface area contributed by atoms with E-state index in [0.29, 0.717) is 12.6 Å². The quantitative estimate of drug-likeness (QED) is 0.779. The van der Waals surface area contributed by atoms with E-state index < -0.39 is 10.0 Å². The number of hydrogen-bond donors (Lipinski definition) is 0. The molecule has 2 unspecified atom stereocenters. The van der Waals surface area contributed by atoms with Crippen molar-refractivity contribution in [1.29, 1.82) is 0 Å². The van der Waals surface area contributed by atoms with Crippen molar-refractivity contribution < 1.29 is 8.42 Å². The van der Waals surface area contributed by atoms with Gasteiger partial charge in [0.05, 0.1) is 4.90 Å². The van der Waals surface area contributed by atoms with Crippen LogP contribution in [0.2, 0.25) is 5.15 Å². The van der Waals surface area contributed by atoms with Gasteiger partial charge in [-0.05, 0) is 38.4 Å². The third-order valence-corrected chi connectivity index (χ3v) is 6.62. The van der Waals surface area contributed by atoms with E-state index in [2.05, 4.69) is 9.88 Å². The highest BCUT2D eigenvalue weighted by atomic mass is 35.5. The molecule has 5 nitrogen and oxygen atoms in total. The Morgan fingerprint density at radius 2 is 2.14 bits per heavy atom. The van der Waals surface area contributed by atoms with Gasteiger partial charge in [-0.2, -0.15) is 4.31 Å². The number of pyridine rings is 1. The van der Waals surface area contributed by atoms with Crippen LogP contribution < -0.4 is 0 Å². The number of hydrogen-bond acceptors (Lipinski definition) is 4. The Labute approximate surface area is 131 Å². The molecule has 0 bridgehead atoms. The first-order chi connectivity index (χ1) is 9.98. The molecule has 0 aliphatic carbocycles. The lowest BCUT2D eigenvalue weighted by atomic mass is 9.99. The minimum absolute atomic E-state index is 0.0173. The van der Waals surface area contributed by atoms with Gasteiger partial charge in [-0.25, -0.2) is 13.4 Å². The molecule has 7 heteroatoms. The molecule has 2 atom stereocenters. The molecule has 2 saturated heterocycles. The number of halogens is 1. The highest BCUT2D eigenvalue weighted by molar-refractivity contribution is 7.89. The van der Waals surface area contributed by atoms with Gasteiger partial charge in [-0.1, -0.05) is 18.0 Å². The third kappa shape index (κ3) is 2.95. The summed E-state index contributed by atoms with van der Waals surface area (Å²) in [5.74, 6) is 0. The molecule has 0 spiro atoms. The Morgan fingerprint density at radius 1 is 1.33 bits per heavy atom. The minimum Gasteiger partial charge on any atom is -0.297 e. The Bertz CT molecular complexity index is 622. The first-order valence-electron chi connectivity index (χ1n) is 7.36. The molecule has 0 radical (unpaired) electrons. The van der Waals surface area contributed by atoms with Crippen molar-refractivity contribution in [2.24, 2.45) is 0 Å². The van der Waals surface area contributed by atoms with E-state index in [4.69, 9.17) is 11.6 Å². The van der Waals surface area contributed by atoms with Gasteiger partial charge in [0.25, 0.3) is 0 Å². The molecule has 3 rings (SSSR count). The normalized spacial score (nSPS) is 28.3. The van der Waals surface area contributed by atoms with Crippen LogP contribution in [0.5, 0.6) is 0 Å². The summed E-state index contributed by atoms with van der Waals surface area (Å²) in [6.45, 7) is 4.45. The van der Waals surface area contributed by atoms with Gasteiger partial charge in [-0.3, -0.25) is 4.90 Å². The summed E-state index contributed by atoms with van der Waals surface area (Å²) in [6, 6.07) is 3.27. The fourth-order valence-electron chi connectivity index (χ4n) is 3.34. The Morgan fingerprint density at radius 3 is 2.90 bits per heavy atom. The summed E-state index contributed by atoms with van der Waals surface area (Å²) in [5.41, 5.74) is 0. The number of sulfonamides is 1. The smallest absolute Gasteiger partial charge is 0.243 e.